The summed E-state index contributed by atoms with van der Waals surface area (Å²) in [7, 11) is 3.16. The maximum atomic E-state index is 12.6. The molecular weight excluding hydrogens is 390 g/mol. The first-order chi connectivity index (χ1) is 15.1. The molecule has 1 aromatic heterocycles. The molecule has 1 aliphatic rings. The first kappa shape index (κ1) is 20.7. The Bertz CT molecular complexity index is 1050. The van der Waals surface area contributed by atoms with E-state index in [1.807, 2.05) is 25.3 Å². The molecule has 3 aromatic rings. The molecule has 160 valence electrons. The highest BCUT2D eigenvalue weighted by molar-refractivity contribution is 5.95. The number of nitrogens with one attached hydrogen (secondary N) is 1. The Labute approximate surface area is 182 Å². The minimum atomic E-state index is -0.187. The predicted molar refractivity (Wildman–Crippen MR) is 121 cm³/mol. The van der Waals surface area contributed by atoms with Crippen LogP contribution < -0.4 is 19.7 Å². The van der Waals surface area contributed by atoms with E-state index in [2.05, 4.69) is 39.5 Å². The van der Waals surface area contributed by atoms with Crippen molar-refractivity contribution >= 4 is 11.7 Å². The number of nitrogens with zero attached hydrogens (tertiary/aromatic N) is 2. The maximum Gasteiger partial charge on any atom is 0.251 e. The Hall–Kier alpha value is -3.54. The van der Waals surface area contributed by atoms with E-state index >= 15 is 0 Å². The fourth-order valence-electron chi connectivity index (χ4n) is 3.90. The molecule has 0 saturated heterocycles. The summed E-state index contributed by atoms with van der Waals surface area (Å²) in [6.45, 7) is 4.12. The lowest BCUT2D eigenvalue weighted by Gasteiger charge is -2.29. The largest absolute Gasteiger partial charge is 0.496 e. The highest BCUT2D eigenvalue weighted by Gasteiger charge is 2.17. The Morgan fingerprint density at radius 1 is 1.06 bits per heavy atom. The minimum absolute atomic E-state index is 0.187. The topological polar surface area (TPSA) is 63.7 Å². The van der Waals surface area contributed by atoms with Crippen LogP contribution in [-0.4, -0.2) is 31.7 Å². The van der Waals surface area contributed by atoms with E-state index in [4.69, 9.17) is 9.47 Å². The smallest absolute Gasteiger partial charge is 0.251 e. The highest BCUT2D eigenvalue weighted by Crippen LogP contribution is 2.29. The van der Waals surface area contributed by atoms with Crippen LogP contribution in [0.3, 0.4) is 0 Å². The third-order valence-electron chi connectivity index (χ3n) is 5.73. The van der Waals surface area contributed by atoms with Crippen molar-refractivity contribution in [1.29, 1.82) is 0 Å². The number of anilines is 1. The summed E-state index contributed by atoms with van der Waals surface area (Å²) in [6.07, 6.45) is 2.85. The van der Waals surface area contributed by atoms with Gasteiger partial charge in [-0.05, 0) is 48.2 Å². The first-order valence-corrected chi connectivity index (χ1v) is 10.4. The van der Waals surface area contributed by atoms with E-state index in [0.29, 0.717) is 23.6 Å². The van der Waals surface area contributed by atoms with Crippen LogP contribution in [0, 0.1) is 6.92 Å². The second-order valence-electron chi connectivity index (χ2n) is 7.65. The van der Waals surface area contributed by atoms with Crippen molar-refractivity contribution < 1.29 is 14.3 Å². The van der Waals surface area contributed by atoms with E-state index in [-0.39, 0.29) is 5.91 Å². The second-order valence-corrected chi connectivity index (χ2v) is 7.65. The number of amides is 1. The summed E-state index contributed by atoms with van der Waals surface area (Å²) in [5, 5.41) is 2.95. The number of benzene rings is 2. The SMILES string of the molecule is COc1cc(C(=O)NCc2ccc(N3CCc4ccccc4C3)nc2)cc(OC)c1C. The quantitative estimate of drug-likeness (QED) is 0.659. The van der Waals surface area contributed by atoms with Crippen molar-refractivity contribution in [1.82, 2.24) is 10.3 Å². The zero-order chi connectivity index (χ0) is 21.8. The van der Waals surface area contributed by atoms with E-state index in [1.54, 1.807) is 26.4 Å². The average molecular weight is 418 g/mol. The van der Waals surface area contributed by atoms with Gasteiger partial charge in [0.05, 0.1) is 14.2 Å². The fourth-order valence-corrected chi connectivity index (χ4v) is 3.90. The second kappa shape index (κ2) is 9.08. The molecule has 0 unspecified atom stereocenters. The van der Waals surface area contributed by atoms with Gasteiger partial charge < -0.3 is 19.7 Å². The number of fused-ring (bicyclic) bond motifs is 1. The van der Waals surface area contributed by atoms with Crippen molar-refractivity contribution in [2.24, 2.45) is 0 Å². The molecule has 0 aliphatic carbocycles. The molecular formula is C25H27N3O3. The molecule has 1 amide bonds. The Kier molecular flexibility index (Phi) is 6.07. The number of hydrogen-bond acceptors (Lipinski definition) is 5. The van der Waals surface area contributed by atoms with Gasteiger partial charge in [-0.15, -0.1) is 0 Å². The molecule has 0 radical (unpaired) electrons. The van der Waals surface area contributed by atoms with Gasteiger partial charge in [0.15, 0.2) is 0 Å². The van der Waals surface area contributed by atoms with Gasteiger partial charge in [0, 0.05) is 37.0 Å². The number of pyridine rings is 1. The summed E-state index contributed by atoms with van der Waals surface area (Å²) in [6, 6.07) is 16.0. The minimum Gasteiger partial charge on any atom is -0.496 e. The van der Waals surface area contributed by atoms with Crippen LogP contribution in [0.25, 0.3) is 0 Å². The summed E-state index contributed by atoms with van der Waals surface area (Å²) >= 11 is 0. The predicted octanol–water partition coefficient (Wildman–Crippen LogP) is 3.90. The zero-order valence-electron chi connectivity index (χ0n) is 18.1. The fraction of sp³-hybridized carbons (Fsp3) is 0.280. The number of aromatic nitrogens is 1. The van der Waals surface area contributed by atoms with Crippen molar-refractivity contribution in [2.75, 3.05) is 25.7 Å². The molecule has 4 rings (SSSR count). The van der Waals surface area contributed by atoms with E-state index in [1.165, 1.54) is 11.1 Å². The van der Waals surface area contributed by atoms with Gasteiger partial charge in [0.25, 0.3) is 5.91 Å². The van der Waals surface area contributed by atoms with Gasteiger partial charge in [0.1, 0.15) is 17.3 Å². The van der Waals surface area contributed by atoms with Crippen molar-refractivity contribution in [2.45, 2.75) is 26.4 Å². The Morgan fingerprint density at radius 2 is 1.77 bits per heavy atom. The van der Waals surface area contributed by atoms with Crippen molar-refractivity contribution in [3.05, 3.63) is 82.5 Å². The van der Waals surface area contributed by atoms with Crippen LogP contribution in [0.4, 0.5) is 5.82 Å². The van der Waals surface area contributed by atoms with Crippen LogP contribution >= 0.6 is 0 Å². The van der Waals surface area contributed by atoms with Crippen molar-refractivity contribution in [3.63, 3.8) is 0 Å². The van der Waals surface area contributed by atoms with Gasteiger partial charge >= 0.3 is 0 Å². The van der Waals surface area contributed by atoms with Gasteiger partial charge in [-0.25, -0.2) is 4.98 Å². The molecule has 0 bridgehead atoms. The molecule has 0 fully saturated rings. The average Bonchev–Trinajstić information content (AvgIpc) is 2.82. The van der Waals surface area contributed by atoms with Crippen molar-refractivity contribution in [3.8, 4) is 11.5 Å². The molecule has 2 aromatic carbocycles. The number of hydrogen-bond donors (Lipinski definition) is 1. The van der Waals surface area contributed by atoms with Gasteiger partial charge in [-0.1, -0.05) is 30.3 Å². The third kappa shape index (κ3) is 4.48. The van der Waals surface area contributed by atoms with E-state index in [0.717, 1.165) is 36.5 Å². The molecule has 0 saturated carbocycles. The molecule has 1 aliphatic heterocycles. The number of carbonyl (C=O) groups is 1. The lowest BCUT2D eigenvalue weighted by molar-refractivity contribution is 0.0950. The number of methoxy groups -OCH3 is 2. The van der Waals surface area contributed by atoms with Gasteiger partial charge in [-0.3, -0.25) is 4.79 Å². The Morgan fingerprint density at radius 3 is 2.42 bits per heavy atom. The number of carbonyl (C=O) groups excluding carboxylic acids is 1. The third-order valence-corrected chi connectivity index (χ3v) is 5.73. The normalized spacial score (nSPS) is 12.8. The molecule has 0 spiro atoms. The van der Waals surface area contributed by atoms with Gasteiger partial charge in [0.2, 0.25) is 0 Å². The van der Waals surface area contributed by atoms with Crippen LogP contribution in [0.2, 0.25) is 0 Å². The molecule has 6 heteroatoms. The maximum absolute atomic E-state index is 12.6. The highest BCUT2D eigenvalue weighted by atomic mass is 16.5. The van der Waals surface area contributed by atoms with E-state index in [9.17, 15) is 4.79 Å². The summed E-state index contributed by atoms with van der Waals surface area (Å²) < 4.78 is 10.7. The van der Waals surface area contributed by atoms with Gasteiger partial charge in [-0.2, -0.15) is 0 Å². The van der Waals surface area contributed by atoms with Crippen LogP contribution in [0.15, 0.2) is 54.7 Å². The summed E-state index contributed by atoms with van der Waals surface area (Å²) in [5.74, 6) is 2.02. The number of rotatable bonds is 6. The lowest BCUT2D eigenvalue weighted by atomic mass is 10.00. The zero-order valence-corrected chi connectivity index (χ0v) is 18.1. The lowest BCUT2D eigenvalue weighted by Crippen LogP contribution is -2.31. The van der Waals surface area contributed by atoms with Crippen LogP contribution in [0.5, 0.6) is 11.5 Å². The molecule has 0 atom stereocenters. The Balaban J connectivity index is 1.39. The van der Waals surface area contributed by atoms with Crippen LogP contribution in [0.1, 0.15) is 32.6 Å². The molecule has 6 nitrogen and oxygen atoms in total. The van der Waals surface area contributed by atoms with E-state index < -0.39 is 0 Å². The van der Waals surface area contributed by atoms with Crippen LogP contribution in [-0.2, 0) is 19.5 Å². The summed E-state index contributed by atoms with van der Waals surface area (Å²) in [5.41, 5.74) is 5.08. The summed E-state index contributed by atoms with van der Waals surface area (Å²) in [4.78, 5) is 19.6. The molecule has 31 heavy (non-hydrogen) atoms. The number of ether oxygens (including phenoxy) is 2. The standard InChI is InChI=1S/C25H27N3O3/c1-17-22(30-2)12-21(13-23(17)31-3)25(29)27-15-18-8-9-24(26-14-18)28-11-10-19-6-4-5-7-20(19)16-28/h4-9,12-14H,10-11,15-16H2,1-3H3,(H,27,29). The monoisotopic (exact) mass is 417 g/mol. The first-order valence-electron chi connectivity index (χ1n) is 10.4. The molecule has 1 N–H and O–H groups in total. The molecule has 2 heterocycles.